The third-order valence-electron chi connectivity index (χ3n) is 8.23. The lowest BCUT2D eigenvalue weighted by molar-refractivity contribution is -0.101. The van der Waals surface area contributed by atoms with Gasteiger partial charge in [0.25, 0.3) is 5.91 Å². The summed E-state index contributed by atoms with van der Waals surface area (Å²) < 4.78 is 24.4. The number of aromatic hydroxyl groups is 1. The summed E-state index contributed by atoms with van der Waals surface area (Å²) in [6.45, 7) is 4.01. The molecule has 0 saturated carbocycles. The number of aromatic nitrogens is 1. The zero-order chi connectivity index (χ0) is 32.0. The number of rotatable bonds is 9. The topological polar surface area (TPSA) is 146 Å². The van der Waals surface area contributed by atoms with Gasteiger partial charge in [-0.1, -0.05) is 18.2 Å². The van der Waals surface area contributed by atoms with Gasteiger partial charge in [-0.05, 0) is 87.3 Å². The number of phenolic OH excluding ortho intramolecular Hbond substituents is 1. The third kappa shape index (κ3) is 7.71. The van der Waals surface area contributed by atoms with Crippen molar-refractivity contribution in [2.75, 3.05) is 45.0 Å². The van der Waals surface area contributed by atoms with Crippen LogP contribution in [0.5, 0.6) is 11.5 Å². The van der Waals surface area contributed by atoms with Crippen LogP contribution >= 0.6 is 15.9 Å². The lowest BCUT2D eigenvalue weighted by Crippen LogP contribution is -2.36. The fourth-order valence-corrected chi connectivity index (χ4v) is 6.14. The molecule has 0 bridgehead atoms. The van der Waals surface area contributed by atoms with Gasteiger partial charge in [0.05, 0.1) is 24.3 Å². The highest BCUT2D eigenvalue weighted by Gasteiger charge is 2.21. The van der Waals surface area contributed by atoms with Crippen LogP contribution in [0.2, 0.25) is 0 Å². The van der Waals surface area contributed by atoms with Gasteiger partial charge in [-0.3, -0.25) is 9.59 Å². The fourth-order valence-electron chi connectivity index (χ4n) is 5.67. The van der Waals surface area contributed by atoms with Crippen molar-refractivity contribution in [3.63, 3.8) is 0 Å². The molecule has 2 fully saturated rings. The van der Waals surface area contributed by atoms with E-state index < -0.39 is 12.1 Å². The minimum absolute atomic E-state index is 0.0147. The van der Waals surface area contributed by atoms with Crippen molar-refractivity contribution in [2.24, 2.45) is 11.7 Å². The Morgan fingerprint density at radius 3 is 2.59 bits per heavy atom. The number of halogens is 1. The van der Waals surface area contributed by atoms with Crippen LogP contribution in [-0.4, -0.2) is 67.5 Å². The first-order chi connectivity index (χ1) is 22.3. The Kier molecular flexibility index (Phi) is 10.2. The first kappa shape index (κ1) is 32.0. The summed E-state index contributed by atoms with van der Waals surface area (Å²) in [5, 5.41) is 16.7. The second-order valence-corrected chi connectivity index (χ2v) is 12.4. The molecule has 1 aromatic heterocycles. The van der Waals surface area contributed by atoms with Crippen molar-refractivity contribution in [3.05, 3.63) is 98.5 Å². The number of ether oxygens (including phenoxy) is 4. The van der Waals surface area contributed by atoms with E-state index in [1.54, 1.807) is 42.9 Å². The van der Waals surface area contributed by atoms with Gasteiger partial charge >= 0.3 is 0 Å². The molecular formula is C34H37BrN4O7. The zero-order valence-corrected chi connectivity index (χ0v) is 26.8. The molecule has 3 aliphatic heterocycles. The standard InChI is InChI=1S/C34H37BrN4O7/c35-29-18-39(16-21-7-9-43-10-8-21)17-28(32(29)41)34(42)38-25-4-1-22(2-5-25)27-13-24(15-37-33(27)36)23-3-6-31(30(40)14-23)46-20-26-19-44-11-12-45-26/h1-6,13-15,17-18,21,26,33,37,40H,7-12,16,19-20,36H2,(H,38,42)/t26-,33?/m1/s1. The SMILES string of the molecule is NC1NC=C(c2ccc(OC[C@H]3COCCO3)c(O)c2)C=C1c1ccc(NC(=O)c2cn(CC3CCOCC3)cc(Br)c2=O)cc1. The number of nitrogens with one attached hydrogen (secondary N) is 2. The van der Waals surface area contributed by atoms with Crippen LogP contribution in [0.3, 0.4) is 0 Å². The molecule has 2 saturated heterocycles. The van der Waals surface area contributed by atoms with Crippen molar-refractivity contribution in [1.82, 2.24) is 9.88 Å². The molecule has 2 aromatic carbocycles. The molecule has 1 amide bonds. The number of hydrogen-bond acceptors (Lipinski definition) is 9. The number of carbonyl (C=O) groups excluding carboxylic acids is 1. The highest BCUT2D eigenvalue weighted by Crippen LogP contribution is 2.33. The van der Waals surface area contributed by atoms with Crippen LogP contribution in [0.15, 0.2) is 76.4 Å². The number of phenols is 1. The average Bonchev–Trinajstić information content (AvgIpc) is 3.07. The Morgan fingerprint density at radius 2 is 1.85 bits per heavy atom. The maximum Gasteiger partial charge on any atom is 0.261 e. The number of amides is 1. The Labute approximate surface area is 275 Å². The number of allylic oxidation sites excluding steroid dienone is 2. The van der Waals surface area contributed by atoms with E-state index >= 15 is 0 Å². The molecule has 1 unspecified atom stereocenters. The van der Waals surface area contributed by atoms with E-state index in [0.29, 0.717) is 48.2 Å². The monoisotopic (exact) mass is 692 g/mol. The molecule has 12 heteroatoms. The van der Waals surface area contributed by atoms with Crippen LogP contribution in [0.4, 0.5) is 5.69 Å². The van der Waals surface area contributed by atoms with Gasteiger partial charge in [0, 0.05) is 44.0 Å². The van der Waals surface area contributed by atoms with Gasteiger partial charge in [0.15, 0.2) is 11.5 Å². The summed E-state index contributed by atoms with van der Waals surface area (Å²) in [5.41, 5.74) is 9.92. The van der Waals surface area contributed by atoms with Gasteiger partial charge in [0.2, 0.25) is 5.43 Å². The molecule has 11 nitrogen and oxygen atoms in total. The summed E-state index contributed by atoms with van der Waals surface area (Å²) in [4.78, 5) is 26.0. The summed E-state index contributed by atoms with van der Waals surface area (Å²) in [6, 6.07) is 12.5. The molecule has 0 aliphatic carbocycles. The van der Waals surface area contributed by atoms with Crippen LogP contribution in [0.1, 0.15) is 34.3 Å². The second kappa shape index (κ2) is 14.7. The van der Waals surface area contributed by atoms with E-state index in [1.165, 1.54) is 0 Å². The van der Waals surface area contributed by atoms with Gasteiger partial charge in [-0.2, -0.15) is 0 Å². The Balaban J connectivity index is 1.12. The molecule has 5 N–H and O–H groups in total. The van der Waals surface area contributed by atoms with Crippen molar-refractivity contribution < 1.29 is 28.8 Å². The van der Waals surface area contributed by atoms with E-state index in [2.05, 4.69) is 26.6 Å². The lowest BCUT2D eigenvalue weighted by atomic mass is 9.95. The van der Waals surface area contributed by atoms with Crippen molar-refractivity contribution in [3.8, 4) is 11.5 Å². The smallest absolute Gasteiger partial charge is 0.261 e. The molecule has 0 radical (unpaired) electrons. The predicted molar refractivity (Wildman–Crippen MR) is 178 cm³/mol. The molecule has 2 atom stereocenters. The number of nitrogens with zero attached hydrogens (tertiary/aromatic N) is 1. The average molecular weight is 694 g/mol. The Hall–Kier alpha value is -3.94. The quantitative estimate of drug-likeness (QED) is 0.260. The molecule has 3 aromatic rings. The Morgan fingerprint density at radius 1 is 1.07 bits per heavy atom. The normalized spacial score (nSPS) is 20.3. The van der Waals surface area contributed by atoms with Crippen LogP contribution in [-0.2, 0) is 20.8 Å². The fraction of sp³-hybridized carbons (Fsp3) is 0.353. The summed E-state index contributed by atoms with van der Waals surface area (Å²) in [7, 11) is 0. The molecule has 46 heavy (non-hydrogen) atoms. The van der Waals surface area contributed by atoms with Gasteiger partial charge in [-0.15, -0.1) is 0 Å². The van der Waals surface area contributed by atoms with Gasteiger partial charge in [-0.25, -0.2) is 0 Å². The van der Waals surface area contributed by atoms with E-state index in [4.69, 9.17) is 24.7 Å². The molecule has 6 rings (SSSR count). The minimum Gasteiger partial charge on any atom is -0.504 e. The number of benzene rings is 2. The van der Waals surface area contributed by atoms with Crippen LogP contribution < -0.4 is 26.5 Å². The number of anilines is 1. The maximum absolute atomic E-state index is 13.2. The molecule has 4 heterocycles. The highest BCUT2D eigenvalue weighted by atomic mass is 79.9. The number of nitrogens with two attached hydrogens (primary N) is 1. The van der Waals surface area contributed by atoms with Crippen molar-refractivity contribution >= 4 is 38.7 Å². The molecule has 0 spiro atoms. The first-order valence-electron chi connectivity index (χ1n) is 15.3. The lowest BCUT2D eigenvalue weighted by Gasteiger charge is -2.24. The van der Waals surface area contributed by atoms with Crippen molar-refractivity contribution in [2.45, 2.75) is 31.7 Å². The van der Waals surface area contributed by atoms with Gasteiger partial charge < -0.3 is 45.0 Å². The molecule has 3 aliphatic rings. The van der Waals surface area contributed by atoms with Gasteiger partial charge in [0.1, 0.15) is 24.4 Å². The summed E-state index contributed by atoms with van der Waals surface area (Å²) in [5.74, 6) is 0.327. The third-order valence-corrected chi connectivity index (χ3v) is 8.80. The molecular weight excluding hydrogens is 656 g/mol. The number of carbonyl (C=O) groups is 1. The largest absolute Gasteiger partial charge is 0.504 e. The van der Waals surface area contributed by atoms with Crippen LogP contribution in [0.25, 0.3) is 11.1 Å². The Bertz CT molecular complexity index is 1680. The zero-order valence-electron chi connectivity index (χ0n) is 25.2. The minimum atomic E-state index is -0.480. The molecule has 242 valence electrons. The predicted octanol–water partition coefficient (Wildman–Crippen LogP) is 4.10. The first-order valence-corrected chi connectivity index (χ1v) is 16.1. The maximum atomic E-state index is 13.2. The van der Waals surface area contributed by atoms with E-state index in [1.807, 2.05) is 28.8 Å². The van der Waals surface area contributed by atoms with E-state index in [9.17, 15) is 14.7 Å². The number of dihydropyridines is 1. The van der Waals surface area contributed by atoms with E-state index in [0.717, 1.165) is 48.3 Å². The summed E-state index contributed by atoms with van der Waals surface area (Å²) in [6.07, 6.45) is 8.37. The van der Waals surface area contributed by atoms with E-state index in [-0.39, 0.29) is 29.5 Å². The number of hydrogen-bond donors (Lipinski definition) is 4. The second-order valence-electron chi connectivity index (χ2n) is 11.5. The van der Waals surface area contributed by atoms with Crippen molar-refractivity contribution in [1.29, 1.82) is 0 Å². The summed E-state index contributed by atoms with van der Waals surface area (Å²) >= 11 is 3.33. The van der Waals surface area contributed by atoms with Crippen LogP contribution in [0, 0.1) is 5.92 Å². The highest BCUT2D eigenvalue weighted by molar-refractivity contribution is 9.10. The number of pyridine rings is 1.